The van der Waals surface area contributed by atoms with Crippen molar-refractivity contribution in [2.45, 2.75) is 6.54 Å². The molecule has 0 aliphatic rings. The van der Waals surface area contributed by atoms with Crippen LogP contribution in [0.15, 0.2) is 24.4 Å². The molecule has 0 aliphatic carbocycles. The van der Waals surface area contributed by atoms with E-state index in [1.54, 1.807) is 23.2 Å². The van der Waals surface area contributed by atoms with Gasteiger partial charge in [-0.1, -0.05) is 0 Å². The number of fused-ring (bicyclic) bond motifs is 1. The Morgan fingerprint density at radius 2 is 2.31 bits per heavy atom. The molecule has 0 aliphatic heterocycles. The van der Waals surface area contributed by atoms with Gasteiger partial charge in [0.05, 0.1) is 18.4 Å². The topological polar surface area (TPSA) is 79.4 Å². The van der Waals surface area contributed by atoms with Crippen LogP contribution in [0.4, 0.5) is 5.82 Å². The quantitative estimate of drug-likeness (QED) is 0.714. The predicted octanol–water partition coefficient (Wildman–Crippen LogP) is 1.42. The lowest BCUT2D eigenvalue weighted by Gasteiger charge is -2.02. The Kier molecular flexibility index (Phi) is 2.22. The number of H-pyrrole nitrogens is 1. The van der Waals surface area contributed by atoms with Crippen LogP contribution in [0.25, 0.3) is 11.2 Å². The molecule has 0 spiro atoms. The van der Waals surface area contributed by atoms with Crippen molar-refractivity contribution in [3.8, 4) is 0 Å². The Labute approximate surface area is 94.8 Å². The Bertz CT molecular complexity index is 587. The molecule has 0 saturated carbocycles. The van der Waals surface area contributed by atoms with Gasteiger partial charge in [0.1, 0.15) is 11.8 Å². The third kappa shape index (κ3) is 1.61. The first-order valence-corrected chi connectivity index (χ1v) is 5.57. The minimum Gasteiger partial charge on any atom is -0.363 e. The average molecular weight is 232 g/mol. The first kappa shape index (κ1) is 9.22. The van der Waals surface area contributed by atoms with Gasteiger partial charge >= 0.3 is 0 Å². The molecule has 3 heterocycles. The minimum absolute atomic E-state index is 0.698. The van der Waals surface area contributed by atoms with Crippen LogP contribution < -0.4 is 5.32 Å². The van der Waals surface area contributed by atoms with Crippen molar-refractivity contribution in [3.05, 3.63) is 29.2 Å². The number of anilines is 1. The van der Waals surface area contributed by atoms with Gasteiger partial charge in [-0.05, 0) is 0 Å². The molecule has 16 heavy (non-hydrogen) atoms. The number of aromatic nitrogens is 5. The summed E-state index contributed by atoms with van der Waals surface area (Å²) in [6, 6.07) is 0. The van der Waals surface area contributed by atoms with Crippen molar-refractivity contribution in [1.82, 2.24) is 24.9 Å². The van der Waals surface area contributed by atoms with Crippen molar-refractivity contribution in [3.63, 3.8) is 0 Å². The van der Waals surface area contributed by atoms with E-state index in [0.717, 1.165) is 21.9 Å². The summed E-state index contributed by atoms with van der Waals surface area (Å²) in [5.41, 5.74) is 3.30. The van der Waals surface area contributed by atoms with Crippen LogP contribution in [0.5, 0.6) is 0 Å². The fraction of sp³-hybridized carbons (Fsp3) is 0.111. The Hall–Kier alpha value is -2.02. The van der Waals surface area contributed by atoms with Gasteiger partial charge in [-0.15, -0.1) is 11.3 Å². The molecule has 3 aromatic heterocycles. The average Bonchev–Trinajstić information content (AvgIpc) is 2.97. The molecule has 2 N–H and O–H groups in total. The van der Waals surface area contributed by atoms with Crippen LogP contribution in [0.2, 0.25) is 0 Å². The largest absolute Gasteiger partial charge is 0.363 e. The summed E-state index contributed by atoms with van der Waals surface area (Å²) in [6.07, 6.45) is 4.95. The Balaban J connectivity index is 1.86. The summed E-state index contributed by atoms with van der Waals surface area (Å²) in [7, 11) is 0. The third-order valence-corrected chi connectivity index (χ3v) is 2.91. The fourth-order valence-electron chi connectivity index (χ4n) is 1.39. The molecule has 6 nitrogen and oxygen atoms in total. The van der Waals surface area contributed by atoms with Crippen molar-refractivity contribution < 1.29 is 0 Å². The van der Waals surface area contributed by atoms with E-state index in [2.05, 4.69) is 30.2 Å². The monoisotopic (exact) mass is 232 g/mol. The van der Waals surface area contributed by atoms with Crippen LogP contribution in [-0.2, 0) is 6.54 Å². The van der Waals surface area contributed by atoms with E-state index < -0.39 is 0 Å². The second-order valence-electron chi connectivity index (χ2n) is 3.14. The fourth-order valence-corrected chi connectivity index (χ4v) is 1.93. The standard InChI is InChI=1S/C9H8N6S/c1-6(16-5-10-1)2-11-8-7-9(13-3-12-7)15-4-14-8/h1,3-5H,2H2,(H2,11,12,13,14,15). The highest BCUT2D eigenvalue weighted by molar-refractivity contribution is 7.09. The first-order valence-electron chi connectivity index (χ1n) is 4.69. The van der Waals surface area contributed by atoms with Crippen LogP contribution in [0.3, 0.4) is 0 Å². The van der Waals surface area contributed by atoms with Gasteiger partial charge in [0.25, 0.3) is 0 Å². The summed E-state index contributed by atoms with van der Waals surface area (Å²) in [5, 5.41) is 3.21. The van der Waals surface area contributed by atoms with Gasteiger partial charge < -0.3 is 10.3 Å². The highest BCUT2D eigenvalue weighted by Gasteiger charge is 2.05. The molecule has 80 valence electrons. The third-order valence-electron chi connectivity index (χ3n) is 2.13. The molecular formula is C9H8N6S. The maximum atomic E-state index is 4.16. The van der Waals surface area contributed by atoms with E-state index in [-0.39, 0.29) is 0 Å². The van der Waals surface area contributed by atoms with Crippen molar-refractivity contribution in [2.24, 2.45) is 0 Å². The molecule has 0 bridgehead atoms. The van der Waals surface area contributed by atoms with Gasteiger partial charge in [-0.2, -0.15) is 0 Å². The molecule has 0 unspecified atom stereocenters. The molecule has 0 radical (unpaired) electrons. The van der Waals surface area contributed by atoms with Gasteiger partial charge in [0.15, 0.2) is 11.5 Å². The molecule has 0 saturated heterocycles. The second-order valence-corrected chi connectivity index (χ2v) is 4.11. The lowest BCUT2D eigenvalue weighted by Crippen LogP contribution is -2.01. The lowest BCUT2D eigenvalue weighted by atomic mass is 10.4. The molecule has 0 atom stereocenters. The number of hydrogen-bond donors (Lipinski definition) is 2. The molecular weight excluding hydrogens is 224 g/mol. The Morgan fingerprint density at radius 3 is 3.19 bits per heavy atom. The zero-order valence-electron chi connectivity index (χ0n) is 8.21. The van der Waals surface area contributed by atoms with E-state index in [4.69, 9.17) is 0 Å². The van der Waals surface area contributed by atoms with Gasteiger partial charge in [0.2, 0.25) is 0 Å². The maximum absolute atomic E-state index is 4.16. The number of nitrogens with one attached hydrogen (secondary N) is 2. The second kappa shape index (κ2) is 3.86. The van der Waals surface area contributed by atoms with E-state index in [1.165, 1.54) is 6.33 Å². The minimum atomic E-state index is 0.698. The van der Waals surface area contributed by atoms with Gasteiger partial charge in [-0.3, -0.25) is 4.98 Å². The van der Waals surface area contributed by atoms with Crippen molar-refractivity contribution >= 4 is 28.3 Å². The summed E-state index contributed by atoms with van der Waals surface area (Å²) in [5.74, 6) is 0.736. The summed E-state index contributed by atoms with van der Waals surface area (Å²) in [4.78, 5) is 20.5. The van der Waals surface area contributed by atoms with E-state index in [9.17, 15) is 0 Å². The summed E-state index contributed by atoms with van der Waals surface area (Å²) < 4.78 is 0. The maximum Gasteiger partial charge on any atom is 0.162 e. The molecule has 3 aromatic rings. The highest BCUT2D eigenvalue weighted by Crippen LogP contribution is 2.16. The number of nitrogens with zero attached hydrogens (tertiary/aromatic N) is 4. The predicted molar refractivity (Wildman–Crippen MR) is 61.1 cm³/mol. The van der Waals surface area contributed by atoms with Gasteiger partial charge in [-0.25, -0.2) is 15.0 Å². The van der Waals surface area contributed by atoms with Gasteiger partial charge in [0, 0.05) is 11.1 Å². The highest BCUT2D eigenvalue weighted by atomic mass is 32.1. The Morgan fingerprint density at radius 1 is 1.31 bits per heavy atom. The van der Waals surface area contributed by atoms with Crippen LogP contribution in [-0.4, -0.2) is 24.9 Å². The normalized spacial score (nSPS) is 10.8. The number of imidazole rings is 1. The number of thiazole rings is 1. The van der Waals surface area contributed by atoms with E-state index >= 15 is 0 Å². The van der Waals surface area contributed by atoms with Crippen LogP contribution in [0, 0.1) is 0 Å². The molecule has 7 heteroatoms. The number of rotatable bonds is 3. The van der Waals surface area contributed by atoms with Crippen LogP contribution >= 0.6 is 11.3 Å². The van der Waals surface area contributed by atoms with Crippen molar-refractivity contribution in [1.29, 1.82) is 0 Å². The lowest BCUT2D eigenvalue weighted by molar-refractivity contribution is 1.11. The molecule has 0 amide bonds. The van der Waals surface area contributed by atoms with E-state index in [1.807, 2.05) is 6.20 Å². The van der Waals surface area contributed by atoms with E-state index in [0.29, 0.717) is 6.54 Å². The summed E-state index contributed by atoms with van der Waals surface area (Å²) >= 11 is 1.60. The molecule has 0 fully saturated rings. The molecule has 0 aromatic carbocycles. The van der Waals surface area contributed by atoms with Crippen molar-refractivity contribution in [2.75, 3.05) is 5.32 Å². The number of aromatic amines is 1. The molecule has 3 rings (SSSR count). The SMILES string of the molecule is c1nc(NCc2cncs2)c2nc[nH]c2n1. The first-order chi connectivity index (χ1) is 7.93. The zero-order valence-corrected chi connectivity index (χ0v) is 9.03. The summed E-state index contributed by atoms with van der Waals surface area (Å²) in [6.45, 7) is 0.698. The number of hydrogen-bond acceptors (Lipinski definition) is 6. The van der Waals surface area contributed by atoms with Crippen LogP contribution in [0.1, 0.15) is 4.88 Å². The zero-order chi connectivity index (χ0) is 10.8. The smallest absolute Gasteiger partial charge is 0.162 e.